The molecule has 22 heavy (non-hydrogen) atoms. The van der Waals surface area contributed by atoms with E-state index in [0.717, 1.165) is 30.6 Å². The van der Waals surface area contributed by atoms with Gasteiger partial charge in [-0.2, -0.15) is 13.2 Å². The van der Waals surface area contributed by atoms with Crippen molar-refractivity contribution in [1.82, 2.24) is 4.90 Å². The first-order chi connectivity index (χ1) is 10.4. The van der Waals surface area contributed by atoms with Crippen LogP contribution in [0.4, 0.5) is 13.2 Å². The van der Waals surface area contributed by atoms with Gasteiger partial charge in [0.15, 0.2) is 6.10 Å². The number of nitrogens with zero attached hydrogens (tertiary/aromatic N) is 1. The number of rotatable bonds is 5. The minimum atomic E-state index is -4.54. The molecule has 0 amide bonds. The van der Waals surface area contributed by atoms with Crippen LogP contribution < -0.4 is 4.74 Å². The summed E-state index contributed by atoms with van der Waals surface area (Å²) in [6.45, 7) is 0.883. The zero-order valence-electron chi connectivity index (χ0n) is 12.6. The standard InChI is InChI=1S/C16H22F3NO2/c1-22-14-6-4-12(5-7-14)9-13-3-2-8-20(10-13)11-15(21)16(17,18)19/h4-7,13,15,21H,2-3,8-11H2,1H3. The molecule has 0 radical (unpaired) electrons. The van der Waals surface area contributed by atoms with E-state index in [2.05, 4.69) is 0 Å². The number of benzene rings is 1. The highest BCUT2D eigenvalue weighted by molar-refractivity contribution is 5.27. The molecule has 0 aliphatic carbocycles. The van der Waals surface area contributed by atoms with E-state index in [4.69, 9.17) is 4.74 Å². The number of halogens is 3. The molecule has 1 aromatic rings. The van der Waals surface area contributed by atoms with Crippen LogP contribution in [0.15, 0.2) is 24.3 Å². The first-order valence-electron chi connectivity index (χ1n) is 7.48. The fourth-order valence-corrected chi connectivity index (χ4v) is 2.93. The lowest BCUT2D eigenvalue weighted by molar-refractivity contribution is -0.209. The summed E-state index contributed by atoms with van der Waals surface area (Å²) in [4.78, 5) is 1.72. The van der Waals surface area contributed by atoms with Gasteiger partial charge in [-0.3, -0.25) is 0 Å². The maximum absolute atomic E-state index is 12.4. The average molecular weight is 317 g/mol. The lowest BCUT2D eigenvalue weighted by Gasteiger charge is -2.34. The number of aliphatic hydroxyl groups is 1. The second-order valence-corrected chi connectivity index (χ2v) is 5.88. The SMILES string of the molecule is COc1ccc(CC2CCCN(CC(O)C(F)(F)F)C2)cc1. The van der Waals surface area contributed by atoms with Gasteiger partial charge in [0, 0.05) is 13.1 Å². The average Bonchev–Trinajstić information content (AvgIpc) is 2.47. The fraction of sp³-hybridized carbons (Fsp3) is 0.625. The normalized spacial score (nSPS) is 21.6. The number of ether oxygens (including phenoxy) is 1. The smallest absolute Gasteiger partial charge is 0.415 e. The molecule has 1 heterocycles. The molecule has 0 aromatic heterocycles. The second-order valence-electron chi connectivity index (χ2n) is 5.88. The Morgan fingerprint density at radius 2 is 2.00 bits per heavy atom. The maximum Gasteiger partial charge on any atom is 0.415 e. The van der Waals surface area contributed by atoms with Crippen molar-refractivity contribution >= 4 is 0 Å². The molecule has 3 nitrogen and oxygen atoms in total. The zero-order chi connectivity index (χ0) is 16.2. The quantitative estimate of drug-likeness (QED) is 0.906. The van der Waals surface area contributed by atoms with E-state index in [1.165, 1.54) is 0 Å². The number of hydrogen-bond acceptors (Lipinski definition) is 3. The third kappa shape index (κ3) is 4.88. The van der Waals surface area contributed by atoms with Crippen molar-refractivity contribution in [2.45, 2.75) is 31.5 Å². The summed E-state index contributed by atoms with van der Waals surface area (Å²) in [5, 5.41) is 9.19. The van der Waals surface area contributed by atoms with Gasteiger partial charge in [0.2, 0.25) is 0 Å². The molecule has 2 rings (SSSR count). The van der Waals surface area contributed by atoms with Gasteiger partial charge >= 0.3 is 6.18 Å². The minimum Gasteiger partial charge on any atom is -0.497 e. The number of methoxy groups -OCH3 is 1. The summed E-state index contributed by atoms with van der Waals surface area (Å²) in [6, 6.07) is 7.76. The van der Waals surface area contributed by atoms with Gasteiger partial charge in [-0.05, 0) is 49.4 Å². The van der Waals surface area contributed by atoms with E-state index in [1.807, 2.05) is 24.3 Å². The van der Waals surface area contributed by atoms with Crippen LogP contribution in [0.25, 0.3) is 0 Å². The predicted octanol–water partition coefficient (Wildman–Crippen LogP) is 2.87. The number of aliphatic hydroxyl groups excluding tert-OH is 1. The van der Waals surface area contributed by atoms with Gasteiger partial charge < -0.3 is 14.7 Å². The van der Waals surface area contributed by atoms with Crippen LogP contribution >= 0.6 is 0 Å². The van der Waals surface area contributed by atoms with Crippen molar-refractivity contribution in [1.29, 1.82) is 0 Å². The molecule has 6 heteroatoms. The fourth-order valence-electron chi connectivity index (χ4n) is 2.93. The van der Waals surface area contributed by atoms with Crippen molar-refractivity contribution in [2.75, 3.05) is 26.7 Å². The number of piperidine rings is 1. The van der Waals surface area contributed by atoms with E-state index >= 15 is 0 Å². The van der Waals surface area contributed by atoms with E-state index in [1.54, 1.807) is 12.0 Å². The molecule has 1 aromatic carbocycles. The summed E-state index contributed by atoms with van der Waals surface area (Å²) >= 11 is 0. The Labute approximate surface area is 128 Å². The predicted molar refractivity (Wildman–Crippen MR) is 77.9 cm³/mol. The number of β-amino-alcohol motifs (C(OH)–C–C–N with tert-alkyl or cyclic N) is 1. The van der Waals surface area contributed by atoms with Crippen LogP contribution in [0.1, 0.15) is 18.4 Å². The first-order valence-corrected chi connectivity index (χ1v) is 7.48. The van der Waals surface area contributed by atoms with Crippen molar-refractivity contribution in [3.8, 4) is 5.75 Å². The topological polar surface area (TPSA) is 32.7 Å². The van der Waals surface area contributed by atoms with Crippen molar-refractivity contribution < 1.29 is 23.0 Å². The first kappa shape index (κ1) is 17.1. The molecular formula is C16H22F3NO2. The van der Waals surface area contributed by atoms with Crippen LogP contribution in [0.2, 0.25) is 0 Å². The number of alkyl halides is 3. The zero-order valence-corrected chi connectivity index (χ0v) is 12.6. The molecule has 2 atom stereocenters. The molecule has 1 aliphatic rings. The monoisotopic (exact) mass is 317 g/mol. The van der Waals surface area contributed by atoms with Crippen LogP contribution in [0, 0.1) is 5.92 Å². The molecule has 0 saturated carbocycles. The highest BCUT2D eigenvalue weighted by atomic mass is 19.4. The molecule has 0 bridgehead atoms. The molecule has 2 unspecified atom stereocenters. The number of hydrogen-bond donors (Lipinski definition) is 1. The minimum absolute atomic E-state index is 0.322. The van der Waals surface area contributed by atoms with Crippen LogP contribution in [-0.2, 0) is 6.42 Å². The maximum atomic E-state index is 12.4. The summed E-state index contributed by atoms with van der Waals surface area (Å²) in [7, 11) is 1.61. The van der Waals surface area contributed by atoms with Crippen LogP contribution in [0.3, 0.4) is 0 Å². The highest BCUT2D eigenvalue weighted by Crippen LogP contribution is 2.25. The van der Waals surface area contributed by atoms with Gasteiger partial charge in [-0.1, -0.05) is 12.1 Å². The van der Waals surface area contributed by atoms with Crippen LogP contribution in [-0.4, -0.2) is 49.0 Å². The van der Waals surface area contributed by atoms with Crippen molar-refractivity contribution in [3.05, 3.63) is 29.8 Å². The lowest BCUT2D eigenvalue weighted by atomic mass is 9.91. The largest absolute Gasteiger partial charge is 0.497 e. The van der Waals surface area contributed by atoms with E-state index in [-0.39, 0.29) is 6.54 Å². The van der Waals surface area contributed by atoms with Gasteiger partial charge in [0.25, 0.3) is 0 Å². The van der Waals surface area contributed by atoms with E-state index in [0.29, 0.717) is 19.0 Å². The van der Waals surface area contributed by atoms with Crippen LogP contribution in [0.5, 0.6) is 5.75 Å². The molecule has 1 saturated heterocycles. The Morgan fingerprint density at radius 1 is 1.32 bits per heavy atom. The van der Waals surface area contributed by atoms with Gasteiger partial charge in [0.1, 0.15) is 5.75 Å². The van der Waals surface area contributed by atoms with E-state index < -0.39 is 12.3 Å². The summed E-state index contributed by atoms with van der Waals surface area (Å²) in [5.41, 5.74) is 1.16. The molecule has 124 valence electrons. The Balaban J connectivity index is 1.87. The van der Waals surface area contributed by atoms with Crippen molar-refractivity contribution in [2.24, 2.45) is 5.92 Å². The number of likely N-dealkylation sites (tertiary alicyclic amines) is 1. The Bertz CT molecular complexity index is 461. The van der Waals surface area contributed by atoms with E-state index in [9.17, 15) is 18.3 Å². The molecule has 1 N–H and O–H groups in total. The molecular weight excluding hydrogens is 295 g/mol. The third-order valence-electron chi connectivity index (χ3n) is 4.10. The lowest BCUT2D eigenvalue weighted by Crippen LogP contribution is -2.45. The highest BCUT2D eigenvalue weighted by Gasteiger charge is 2.39. The molecule has 1 fully saturated rings. The Hall–Kier alpha value is -1.27. The second kappa shape index (κ2) is 7.33. The van der Waals surface area contributed by atoms with Crippen molar-refractivity contribution in [3.63, 3.8) is 0 Å². The molecule has 1 aliphatic heterocycles. The van der Waals surface area contributed by atoms with Gasteiger partial charge in [-0.25, -0.2) is 0 Å². The Morgan fingerprint density at radius 3 is 2.59 bits per heavy atom. The summed E-state index contributed by atoms with van der Waals surface area (Å²) in [5.74, 6) is 1.12. The Kier molecular flexibility index (Phi) is 5.69. The summed E-state index contributed by atoms with van der Waals surface area (Å²) < 4.78 is 42.4. The summed E-state index contributed by atoms with van der Waals surface area (Å²) in [6.07, 6.45) is -4.09. The molecule has 0 spiro atoms. The van der Waals surface area contributed by atoms with Gasteiger partial charge in [-0.15, -0.1) is 0 Å². The van der Waals surface area contributed by atoms with Gasteiger partial charge in [0.05, 0.1) is 7.11 Å². The third-order valence-corrected chi connectivity index (χ3v) is 4.10.